The van der Waals surface area contributed by atoms with Crippen LogP contribution in [0.15, 0.2) is 24.3 Å². The Bertz CT molecular complexity index is 311. The Kier molecular flexibility index (Phi) is 3.55. The lowest BCUT2D eigenvalue weighted by molar-refractivity contribution is 0.122. The predicted octanol–water partition coefficient (Wildman–Crippen LogP) is 0.913. The van der Waals surface area contributed by atoms with Gasteiger partial charge in [-0.15, -0.1) is 0 Å². The number of anilines is 1. The van der Waals surface area contributed by atoms with Crippen molar-refractivity contribution in [1.82, 2.24) is 0 Å². The highest BCUT2D eigenvalue weighted by Crippen LogP contribution is 2.17. The fraction of sp³-hybridized carbons (Fsp3) is 0.455. The summed E-state index contributed by atoms with van der Waals surface area (Å²) >= 11 is 0. The standard InChI is InChI=1S/C11H16N2O2/c12-15-9-10-2-1-3-11(8-10)13-4-6-14-7-5-13/h1-3,8H,4-7,9,12H2. The minimum atomic E-state index is 0.457. The van der Waals surface area contributed by atoms with Gasteiger partial charge in [0.25, 0.3) is 0 Å². The topological polar surface area (TPSA) is 47.7 Å². The molecule has 4 nitrogen and oxygen atoms in total. The number of ether oxygens (including phenoxy) is 1. The van der Waals surface area contributed by atoms with E-state index in [2.05, 4.69) is 21.9 Å². The molecule has 0 amide bonds. The number of rotatable bonds is 3. The van der Waals surface area contributed by atoms with Gasteiger partial charge in [-0.25, -0.2) is 5.90 Å². The van der Waals surface area contributed by atoms with Gasteiger partial charge in [-0.3, -0.25) is 4.84 Å². The molecule has 2 N–H and O–H groups in total. The summed E-state index contributed by atoms with van der Waals surface area (Å²) in [6.45, 7) is 3.97. The van der Waals surface area contributed by atoms with Gasteiger partial charge in [0, 0.05) is 18.8 Å². The molecule has 1 aliphatic rings. The highest BCUT2D eigenvalue weighted by atomic mass is 16.6. The number of hydrogen-bond donors (Lipinski definition) is 1. The van der Waals surface area contributed by atoms with Crippen molar-refractivity contribution in [2.75, 3.05) is 31.2 Å². The van der Waals surface area contributed by atoms with Crippen LogP contribution in [0.3, 0.4) is 0 Å². The van der Waals surface area contributed by atoms with Gasteiger partial charge >= 0.3 is 0 Å². The van der Waals surface area contributed by atoms with Gasteiger partial charge in [0.1, 0.15) is 0 Å². The molecule has 2 rings (SSSR count). The van der Waals surface area contributed by atoms with Gasteiger partial charge in [-0.2, -0.15) is 0 Å². The molecule has 1 fully saturated rings. The monoisotopic (exact) mass is 208 g/mol. The average Bonchev–Trinajstić information content (AvgIpc) is 2.31. The molecular weight excluding hydrogens is 192 g/mol. The third-order valence-corrected chi connectivity index (χ3v) is 2.54. The van der Waals surface area contributed by atoms with Gasteiger partial charge in [0.2, 0.25) is 0 Å². The number of nitrogens with zero attached hydrogens (tertiary/aromatic N) is 1. The molecular formula is C11H16N2O2. The van der Waals surface area contributed by atoms with Crippen molar-refractivity contribution in [3.8, 4) is 0 Å². The molecule has 0 spiro atoms. The Hall–Kier alpha value is -1.10. The van der Waals surface area contributed by atoms with Crippen LogP contribution >= 0.6 is 0 Å². The fourth-order valence-electron chi connectivity index (χ4n) is 1.76. The van der Waals surface area contributed by atoms with Gasteiger partial charge < -0.3 is 9.64 Å². The highest BCUT2D eigenvalue weighted by Gasteiger charge is 2.10. The molecule has 0 aliphatic carbocycles. The van der Waals surface area contributed by atoms with Crippen LogP contribution < -0.4 is 10.8 Å². The Labute approximate surface area is 89.5 Å². The van der Waals surface area contributed by atoms with Crippen molar-refractivity contribution < 1.29 is 9.57 Å². The fourth-order valence-corrected chi connectivity index (χ4v) is 1.76. The van der Waals surface area contributed by atoms with Crippen LogP contribution in [0.25, 0.3) is 0 Å². The van der Waals surface area contributed by atoms with Gasteiger partial charge in [-0.05, 0) is 17.7 Å². The van der Waals surface area contributed by atoms with Crippen LogP contribution in [0.1, 0.15) is 5.56 Å². The zero-order valence-electron chi connectivity index (χ0n) is 8.69. The number of hydrogen-bond acceptors (Lipinski definition) is 4. The lowest BCUT2D eigenvalue weighted by Crippen LogP contribution is -2.36. The van der Waals surface area contributed by atoms with Crippen LogP contribution in [-0.2, 0) is 16.2 Å². The molecule has 0 atom stereocenters. The second kappa shape index (κ2) is 5.11. The maximum atomic E-state index is 5.31. The summed E-state index contributed by atoms with van der Waals surface area (Å²) in [5.41, 5.74) is 2.31. The molecule has 4 heteroatoms. The summed E-state index contributed by atoms with van der Waals surface area (Å²) in [6.07, 6.45) is 0. The minimum absolute atomic E-state index is 0.457. The molecule has 82 valence electrons. The second-order valence-corrected chi connectivity index (χ2v) is 3.58. The van der Waals surface area contributed by atoms with Crippen LogP contribution in [0, 0.1) is 0 Å². The molecule has 1 aromatic carbocycles. The summed E-state index contributed by atoms with van der Waals surface area (Å²) in [5.74, 6) is 5.06. The lowest BCUT2D eigenvalue weighted by Gasteiger charge is -2.29. The first-order chi connectivity index (χ1) is 7.40. The van der Waals surface area contributed by atoms with Gasteiger partial charge in [0.05, 0.1) is 19.8 Å². The molecule has 15 heavy (non-hydrogen) atoms. The third kappa shape index (κ3) is 2.68. The van der Waals surface area contributed by atoms with E-state index in [-0.39, 0.29) is 0 Å². The Morgan fingerprint density at radius 2 is 2.13 bits per heavy atom. The summed E-state index contributed by atoms with van der Waals surface area (Å²) in [5, 5.41) is 0. The largest absolute Gasteiger partial charge is 0.378 e. The SMILES string of the molecule is NOCc1cccc(N2CCOCC2)c1. The van der Waals surface area contributed by atoms with Crippen LogP contribution in [0.5, 0.6) is 0 Å². The van der Waals surface area contributed by atoms with Crippen LogP contribution in [0.2, 0.25) is 0 Å². The number of benzene rings is 1. The van der Waals surface area contributed by atoms with Crippen molar-refractivity contribution >= 4 is 5.69 Å². The summed E-state index contributed by atoms with van der Waals surface area (Å²) in [4.78, 5) is 6.94. The van der Waals surface area contributed by atoms with E-state index in [9.17, 15) is 0 Å². The van der Waals surface area contributed by atoms with E-state index in [1.807, 2.05) is 12.1 Å². The van der Waals surface area contributed by atoms with Crippen molar-refractivity contribution in [3.05, 3.63) is 29.8 Å². The molecule has 1 aromatic rings. The van der Waals surface area contributed by atoms with E-state index in [1.54, 1.807) is 0 Å². The van der Waals surface area contributed by atoms with Crippen molar-refractivity contribution in [1.29, 1.82) is 0 Å². The molecule has 1 aliphatic heterocycles. The molecule has 0 unspecified atom stereocenters. The van der Waals surface area contributed by atoms with Crippen molar-refractivity contribution in [2.45, 2.75) is 6.61 Å². The minimum Gasteiger partial charge on any atom is -0.378 e. The van der Waals surface area contributed by atoms with Crippen molar-refractivity contribution in [2.24, 2.45) is 5.90 Å². The van der Waals surface area contributed by atoms with E-state index in [1.165, 1.54) is 5.69 Å². The molecule has 0 aromatic heterocycles. The normalized spacial score (nSPS) is 16.7. The molecule has 1 saturated heterocycles. The first-order valence-electron chi connectivity index (χ1n) is 5.13. The lowest BCUT2D eigenvalue weighted by atomic mass is 10.2. The first-order valence-corrected chi connectivity index (χ1v) is 5.13. The van der Waals surface area contributed by atoms with E-state index in [0.29, 0.717) is 6.61 Å². The number of nitrogens with two attached hydrogens (primary N) is 1. The van der Waals surface area contributed by atoms with Gasteiger partial charge in [-0.1, -0.05) is 12.1 Å². The highest BCUT2D eigenvalue weighted by molar-refractivity contribution is 5.48. The smallest absolute Gasteiger partial charge is 0.0930 e. The zero-order chi connectivity index (χ0) is 10.5. The van der Waals surface area contributed by atoms with E-state index >= 15 is 0 Å². The summed E-state index contributed by atoms with van der Waals surface area (Å²) < 4.78 is 5.31. The van der Waals surface area contributed by atoms with Crippen molar-refractivity contribution in [3.63, 3.8) is 0 Å². The van der Waals surface area contributed by atoms with E-state index in [4.69, 9.17) is 10.6 Å². The second-order valence-electron chi connectivity index (χ2n) is 3.58. The zero-order valence-corrected chi connectivity index (χ0v) is 8.69. The Morgan fingerprint density at radius 3 is 2.87 bits per heavy atom. The maximum absolute atomic E-state index is 5.31. The summed E-state index contributed by atoms with van der Waals surface area (Å²) in [6, 6.07) is 8.25. The molecule has 0 bridgehead atoms. The number of morpholine rings is 1. The third-order valence-electron chi connectivity index (χ3n) is 2.54. The molecule has 1 heterocycles. The quantitative estimate of drug-likeness (QED) is 0.750. The average molecular weight is 208 g/mol. The summed E-state index contributed by atoms with van der Waals surface area (Å²) in [7, 11) is 0. The van der Waals surface area contributed by atoms with E-state index in [0.717, 1.165) is 31.9 Å². The Balaban J connectivity index is 2.09. The maximum Gasteiger partial charge on any atom is 0.0930 e. The first kappa shape index (κ1) is 10.4. The van der Waals surface area contributed by atoms with E-state index < -0.39 is 0 Å². The predicted molar refractivity (Wildman–Crippen MR) is 58.5 cm³/mol. The molecule has 0 saturated carbocycles. The van der Waals surface area contributed by atoms with Gasteiger partial charge in [0.15, 0.2) is 0 Å². The van der Waals surface area contributed by atoms with Crippen LogP contribution in [0.4, 0.5) is 5.69 Å². The Morgan fingerprint density at radius 1 is 1.33 bits per heavy atom. The molecule has 0 radical (unpaired) electrons. The van der Waals surface area contributed by atoms with Crippen LogP contribution in [-0.4, -0.2) is 26.3 Å².